The van der Waals surface area contributed by atoms with Gasteiger partial charge in [-0.3, -0.25) is 23.3 Å². The predicted octanol–water partition coefficient (Wildman–Crippen LogP) is 4.16. The fourth-order valence-corrected chi connectivity index (χ4v) is 3.90. The molecule has 0 fully saturated rings. The third-order valence-electron chi connectivity index (χ3n) is 5.55. The van der Waals surface area contributed by atoms with Crippen molar-refractivity contribution in [3.8, 4) is 23.6 Å². The van der Waals surface area contributed by atoms with Gasteiger partial charge in [0.2, 0.25) is 0 Å². The quantitative estimate of drug-likeness (QED) is 0.301. The van der Waals surface area contributed by atoms with Gasteiger partial charge in [-0.1, -0.05) is 29.8 Å². The van der Waals surface area contributed by atoms with Crippen molar-refractivity contribution < 1.29 is 27.4 Å². The largest absolute Gasteiger partial charge is 0.573 e. The molecule has 0 atom stereocenters. The summed E-state index contributed by atoms with van der Waals surface area (Å²) >= 11 is 5.98. The first kappa shape index (κ1) is 27.5. The third kappa shape index (κ3) is 6.29. The Morgan fingerprint density at radius 2 is 1.79 bits per heavy atom. The molecule has 0 aliphatic rings. The highest BCUT2D eigenvalue weighted by Gasteiger charge is 2.31. The smallest absolute Gasteiger partial charge is 0.425 e. The van der Waals surface area contributed by atoms with Gasteiger partial charge in [0.1, 0.15) is 11.5 Å². The van der Waals surface area contributed by atoms with E-state index in [-0.39, 0.29) is 42.3 Å². The van der Waals surface area contributed by atoms with Gasteiger partial charge in [0.15, 0.2) is 16.9 Å². The summed E-state index contributed by atoms with van der Waals surface area (Å²) in [6.45, 7) is -0.556. The van der Waals surface area contributed by atoms with Gasteiger partial charge in [-0.25, -0.2) is 4.79 Å². The zero-order valence-corrected chi connectivity index (χ0v) is 21.0. The van der Waals surface area contributed by atoms with Crippen LogP contribution in [-0.2, 0) is 24.9 Å². The first-order valence-electron chi connectivity index (χ1n) is 11.3. The number of nitrogens with zero attached hydrogens (tertiary/aromatic N) is 5. The summed E-state index contributed by atoms with van der Waals surface area (Å²) in [5.41, 5.74) is -1.15. The molecule has 0 aliphatic carbocycles. The summed E-state index contributed by atoms with van der Waals surface area (Å²) in [7, 11) is 1.35. The Morgan fingerprint density at radius 3 is 2.46 bits per heavy atom. The van der Waals surface area contributed by atoms with E-state index in [2.05, 4.69) is 9.72 Å². The van der Waals surface area contributed by atoms with Crippen LogP contribution in [0.5, 0.6) is 17.5 Å². The normalized spacial score (nSPS) is 11.4. The number of fused-ring (bicyclic) bond motifs is 1. The van der Waals surface area contributed by atoms with Gasteiger partial charge in [0.05, 0.1) is 19.2 Å². The van der Waals surface area contributed by atoms with Gasteiger partial charge in [-0.15, -0.1) is 13.2 Å². The number of benzene rings is 2. The van der Waals surface area contributed by atoms with Crippen molar-refractivity contribution in [1.29, 1.82) is 5.26 Å². The van der Waals surface area contributed by atoms with Crippen molar-refractivity contribution in [2.24, 2.45) is 7.05 Å². The molecule has 0 unspecified atom stereocenters. The molecular weight excluding hydrogens is 543 g/mol. The molecule has 2 heterocycles. The monoisotopic (exact) mass is 561 g/mol. The Balaban J connectivity index is 1.86. The molecule has 10 nitrogen and oxygen atoms in total. The lowest BCUT2D eigenvalue weighted by atomic mass is 10.2. The van der Waals surface area contributed by atoms with E-state index in [0.717, 1.165) is 21.3 Å². The molecule has 0 radical (unpaired) electrons. The van der Waals surface area contributed by atoms with Crippen molar-refractivity contribution in [1.82, 2.24) is 18.7 Å². The lowest BCUT2D eigenvalue weighted by Crippen LogP contribution is -2.41. The molecule has 0 saturated heterocycles. The predicted molar refractivity (Wildman–Crippen MR) is 133 cm³/mol. The number of Topliss-reactive ketones (excluding diaryl/α,β-unsaturated/α-hetero) is 1. The number of imidazole rings is 1. The van der Waals surface area contributed by atoms with Crippen LogP contribution < -0.4 is 20.7 Å². The van der Waals surface area contributed by atoms with E-state index in [0.29, 0.717) is 10.6 Å². The van der Waals surface area contributed by atoms with Crippen LogP contribution in [-0.4, -0.2) is 30.8 Å². The van der Waals surface area contributed by atoms with E-state index in [4.69, 9.17) is 21.6 Å². The number of carbonyl (C=O) groups excluding carboxylic acids is 1. The number of aromatic nitrogens is 4. The molecule has 202 valence electrons. The molecule has 0 spiro atoms. The van der Waals surface area contributed by atoms with Crippen LogP contribution in [0.15, 0.2) is 58.1 Å². The average molecular weight is 562 g/mol. The average Bonchev–Trinajstić information content (AvgIpc) is 3.22. The summed E-state index contributed by atoms with van der Waals surface area (Å²) in [6, 6.07) is 13.0. The van der Waals surface area contributed by atoms with Gasteiger partial charge < -0.3 is 9.47 Å². The second-order valence-electron chi connectivity index (χ2n) is 8.33. The molecule has 2 aromatic heterocycles. The molecule has 4 rings (SSSR count). The fourth-order valence-electron chi connectivity index (χ4n) is 3.78. The summed E-state index contributed by atoms with van der Waals surface area (Å²) in [5.74, 6) is -1.11. The minimum Gasteiger partial charge on any atom is -0.425 e. The SMILES string of the molecule is Cn1c(=O)n(CC(=O)CCC#N)c(=O)c2c1nc(Oc1cccc(OC(F)(F)F)c1)n2Cc1ccc(Cl)cc1. The Bertz CT molecular complexity index is 1700. The van der Waals surface area contributed by atoms with Gasteiger partial charge in [0, 0.05) is 31.0 Å². The molecule has 0 bridgehead atoms. The van der Waals surface area contributed by atoms with Crippen molar-refractivity contribution in [3.63, 3.8) is 0 Å². The number of hydrogen-bond donors (Lipinski definition) is 0. The second kappa shape index (κ2) is 11.0. The molecule has 0 saturated carbocycles. The van der Waals surface area contributed by atoms with E-state index in [1.165, 1.54) is 23.7 Å². The number of rotatable bonds is 9. The summed E-state index contributed by atoms with van der Waals surface area (Å²) < 4.78 is 51.0. The van der Waals surface area contributed by atoms with Crippen LogP contribution in [0.2, 0.25) is 5.02 Å². The van der Waals surface area contributed by atoms with Gasteiger partial charge >= 0.3 is 18.1 Å². The Hall–Kier alpha value is -4.57. The number of carbonyl (C=O) groups is 1. The Labute approximate surface area is 223 Å². The van der Waals surface area contributed by atoms with Crippen molar-refractivity contribution in [2.45, 2.75) is 32.3 Å². The van der Waals surface area contributed by atoms with Crippen LogP contribution >= 0.6 is 11.6 Å². The first-order valence-corrected chi connectivity index (χ1v) is 11.7. The third-order valence-corrected chi connectivity index (χ3v) is 5.80. The number of ether oxygens (including phenoxy) is 2. The molecule has 2 aromatic carbocycles. The molecule has 39 heavy (non-hydrogen) atoms. The number of nitriles is 1. The highest BCUT2D eigenvalue weighted by molar-refractivity contribution is 6.30. The maximum atomic E-state index is 13.5. The number of alkyl halides is 3. The molecule has 0 aliphatic heterocycles. The van der Waals surface area contributed by atoms with E-state index in [9.17, 15) is 27.6 Å². The van der Waals surface area contributed by atoms with E-state index >= 15 is 0 Å². The maximum absolute atomic E-state index is 13.5. The van der Waals surface area contributed by atoms with Crippen LogP contribution in [0.25, 0.3) is 11.2 Å². The van der Waals surface area contributed by atoms with Gasteiger partial charge in [-0.05, 0) is 29.8 Å². The maximum Gasteiger partial charge on any atom is 0.573 e. The summed E-state index contributed by atoms with van der Waals surface area (Å²) in [6.07, 6.45) is -5.13. The molecule has 0 amide bonds. The van der Waals surface area contributed by atoms with Crippen molar-refractivity contribution in [2.75, 3.05) is 0 Å². The summed E-state index contributed by atoms with van der Waals surface area (Å²) in [5, 5.41) is 9.20. The van der Waals surface area contributed by atoms with E-state index < -0.39 is 35.7 Å². The number of halogens is 4. The Kier molecular flexibility index (Phi) is 7.78. The van der Waals surface area contributed by atoms with E-state index in [1.54, 1.807) is 24.3 Å². The molecule has 14 heteroatoms. The lowest BCUT2D eigenvalue weighted by molar-refractivity contribution is -0.274. The molecular formula is C25H19ClF3N5O5. The topological polar surface area (TPSA) is 121 Å². The standard InChI is InChI=1S/C25H19ClF3N5O5/c1-32-21-20(22(36)34(24(32)37)14-17(35)4-3-11-30)33(13-15-7-9-16(26)10-8-15)23(31-21)38-18-5-2-6-19(12-18)39-25(27,28)29/h2,5-10,12H,3-4,13-14H2,1H3. The fraction of sp³-hybridized carbons (Fsp3) is 0.240. The highest BCUT2D eigenvalue weighted by Crippen LogP contribution is 2.30. The minimum absolute atomic E-state index is 0.00241. The van der Waals surface area contributed by atoms with Crippen molar-refractivity contribution in [3.05, 3.63) is 80.0 Å². The van der Waals surface area contributed by atoms with Crippen molar-refractivity contribution >= 4 is 28.5 Å². The number of aryl methyl sites for hydroxylation is 1. The van der Waals surface area contributed by atoms with E-state index in [1.807, 2.05) is 6.07 Å². The zero-order valence-electron chi connectivity index (χ0n) is 20.2. The highest BCUT2D eigenvalue weighted by atomic mass is 35.5. The van der Waals surface area contributed by atoms with Gasteiger partial charge in [-0.2, -0.15) is 10.2 Å². The first-order chi connectivity index (χ1) is 18.5. The van der Waals surface area contributed by atoms with Crippen LogP contribution in [0, 0.1) is 11.3 Å². The minimum atomic E-state index is -4.92. The van der Waals surface area contributed by atoms with Crippen LogP contribution in [0.3, 0.4) is 0 Å². The second-order valence-corrected chi connectivity index (χ2v) is 8.77. The molecule has 0 N–H and O–H groups in total. The van der Waals surface area contributed by atoms with Crippen LogP contribution in [0.4, 0.5) is 13.2 Å². The van der Waals surface area contributed by atoms with Crippen LogP contribution in [0.1, 0.15) is 18.4 Å². The number of hydrogen-bond acceptors (Lipinski definition) is 7. The number of ketones is 1. The zero-order chi connectivity index (χ0) is 28.3. The summed E-state index contributed by atoms with van der Waals surface area (Å²) in [4.78, 5) is 43.0. The Morgan fingerprint density at radius 1 is 1.10 bits per heavy atom. The van der Waals surface area contributed by atoms with Gasteiger partial charge in [0.25, 0.3) is 5.56 Å². The molecule has 4 aromatic rings. The lowest BCUT2D eigenvalue weighted by Gasteiger charge is -2.12.